The fraction of sp³-hybridized carbons (Fsp3) is 0. The van der Waals surface area contributed by atoms with Crippen LogP contribution in [0.3, 0.4) is 0 Å². The number of hydrogen-bond donors (Lipinski definition) is 1. The minimum atomic E-state index is -1.04. The van der Waals surface area contributed by atoms with Crippen LogP contribution in [-0.4, -0.2) is 16.9 Å². The van der Waals surface area contributed by atoms with Crippen molar-refractivity contribution >= 4 is 43.6 Å². The van der Waals surface area contributed by atoms with Crippen molar-refractivity contribution in [3.05, 3.63) is 56.0 Å². The van der Waals surface area contributed by atoms with Gasteiger partial charge in [0.2, 0.25) is 0 Å². The number of ketones is 1. The Balaban J connectivity index is 2.41. The number of carbonyl (C=O) groups excluding carboxylic acids is 1. The minimum Gasteiger partial charge on any atom is -0.478 e. The Bertz CT molecular complexity index is 751. The highest BCUT2D eigenvalue weighted by Crippen LogP contribution is 2.41. The molecular formula is C14H6Br2O3. The lowest BCUT2D eigenvalue weighted by molar-refractivity contribution is 0.0697. The molecule has 1 N–H and O–H groups in total. The van der Waals surface area contributed by atoms with Gasteiger partial charge in [-0.3, -0.25) is 4.79 Å². The van der Waals surface area contributed by atoms with Gasteiger partial charge in [-0.05, 0) is 29.8 Å². The van der Waals surface area contributed by atoms with Crippen molar-refractivity contribution in [3.63, 3.8) is 0 Å². The van der Waals surface area contributed by atoms with Crippen molar-refractivity contribution in [2.75, 3.05) is 0 Å². The van der Waals surface area contributed by atoms with Crippen LogP contribution in [0.4, 0.5) is 0 Å². The second kappa shape index (κ2) is 4.28. The van der Waals surface area contributed by atoms with Crippen molar-refractivity contribution in [1.82, 2.24) is 0 Å². The van der Waals surface area contributed by atoms with Crippen LogP contribution < -0.4 is 0 Å². The van der Waals surface area contributed by atoms with Crippen molar-refractivity contribution in [3.8, 4) is 11.1 Å². The van der Waals surface area contributed by atoms with Gasteiger partial charge in [-0.2, -0.15) is 0 Å². The standard InChI is InChI=1S/C14H6Br2O3/c15-6-1-2-8-9(3-6)13(17)10-4-7(16)5-11(12(8)10)14(18)19/h1-5H,(H,18,19). The fourth-order valence-electron chi connectivity index (χ4n) is 2.31. The molecule has 0 aromatic heterocycles. The average Bonchev–Trinajstić information content (AvgIpc) is 2.62. The van der Waals surface area contributed by atoms with E-state index in [4.69, 9.17) is 0 Å². The van der Waals surface area contributed by atoms with Crippen LogP contribution in [0.1, 0.15) is 26.3 Å². The van der Waals surface area contributed by atoms with Gasteiger partial charge in [-0.25, -0.2) is 4.79 Å². The van der Waals surface area contributed by atoms with E-state index in [1.165, 1.54) is 6.07 Å². The highest BCUT2D eigenvalue weighted by atomic mass is 79.9. The molecule has 2 aromatic rings. The molecule has 94 valence electrons. The van der Waals surface area contributed by atoms with E-state index in [1.807, 2.05) is 0 Å². The van der Waals surface area contributed by atoms with Gasteiger partial charge in [0, 0.05) is 25.6 Å². The van der Waals surface area contributed by atoms with Crippen LogP contribution in [-0.2, 0) is 0 Å². The Morgan fingerprint density at radius 3 is 2.32 bits per heavy atom. The molecule has 19 heavy (non-hydrogen) atoms. The number of halogens is 2. The van der Waals surface area contributed by atoms with E-state index in [1.54, 1.807) is 24.3 Å². The molecule has 0 heterocycles. The van der Waals surface area contributed by atoms with E-state index >= 15 is 0 Å². The summed E-state index contributed by atoms with van der Waals surface area (Å²) >= 11 is 6.57. The third kappa shape index (κ3) is 1.84. The van der Waals surface area contributed by atoms with Crippen LogP contribution in [0.2, 0.25) is 0 Å². The summed E-state index contributed by atoms with van der Waals surface area (Å²) < 4.78 is 1.38. The van der Waals surface area contributed by atoms with E-state index in [0.717, 1.165) is 4.47 Å². The van der Waals surface area contributed by atoms with Crippen LogP contribution in [0.5, 0.6) is 0 Å². The van der Waals surface area contributed by atoms with Gasteiger partial charge in [0.15, 0.2) is 5.78 Å². The molecule has 0 unspecified atom stereocenters. The Labute approximate surface area is 125 Å². The lowest BCUT2D eigenvalue weighted by Gasteiger charge is -2.06. The maximum absolute atomic E-state index is 12.3. The number of carboxylic acid groups (broad SMARTS) is 1. The molecule has 3 rings (SSSR count). The quantitative estimate of drug-likeness (QED) is 0.689. The molecule has 1 aliphatic rings. The monoisotopic (exact) mass is 380 g/mol. The van der Waals surface area contributed by atoms with Crippen LogP contribution in [0.15, 0.2) is 39.3 Å². The molecule has 0 aliphatic heterocycles. The number of fused-ring (bicyclic) bond motifs is 3. The third-order valence-electron chi connectivity index (χ3n) is 3.07. The molecule has 0 saturated heterocycles. The summed E-state index contributed by atoms with van der Waals surface area (Å²) in [5.74, 6) is -1.18. The SMILES string of the molecule is O=C(O)c1cc(Br)cc2c1-c1ccc(Br)cc1C2=O. The predicted molar refractivity (Wildman–Crippen MR) is 77.7 cm³/mol. The van der Waals surface area contributed by atoms with Gasteiger partial charge in [-0.15, -0.1) is 0 Å². The second-order valence-corrected chi connectivity index (χ2v) is 6.03. The van der Waals surface area contributed by atoms with Gasteiger partial charge >= 0.3 is 5.97 Å². The molecule has 0 fully saturated rings. The number of benzene rings is 2. The zero-order valence-corrected chi connectivity index (χ0v) is 12.6. The van der Waals surface area contributed by atoms with Crippen molar-refractivity contribution in [1.29, 1.82) is 0 Å². The smallest absolute Gasteiger partial charge is 0.336 e. The molecule has 0 saturated carbocycles. The van der Waals surface area contributed by atoms with Crippen LogP contribution >= 0.6 is 31.9 Å². The Hall–Kier alpha value is -1.46. The molecule has 1 aliphatic carbocycles. The van der Waals surface area contributed by atoms with Crippen molar-refractivity contribution in [2.45, 2.75) is 0 Å². The molecule has 0 bridgehead atoms. The maximum atomic E-state index is 12.3. The molecule has 0 atom stereocenters. The first-order chi connectivity index (χ1) is 8.99. The van der Waals surface area contributed by atoms with Gasteiger partial charge in [0.05, 0.1) is 5.56 Å². The summed E-state index contributed by atoms with van der Waals surface area (Å²) in [6.45, 7) is 0. The minimum absolute atomic E-state index is 0.138. The van der Waals surface area contributed by atoms with Gasteiger partial charge in [0.25, 0.3) is 0 Å². The summed E-state index contributed by atoms with van der Waals surface area (Å²) in [6, 6.07) is 8.47. The van der Waals surface area contributed by atoms with Gasteiger partial charge < -0.3 is 5.11 Å². The van der Waals surface area contributed by atoms with E-state index in [9.17, 15) is 14.7 Å². The Kier molecular flexibility index (Phi) is 2.83. The summed E-state index contributed by atoms with van der Waals surface area (Å²) in [4.78, 5) is 23.7. The zero-order chi connectivity index (χ0) is 13.7. The van der Waals surface area contributed by atoms with Gasteiger partial charge in [0.1, 0.15) is 0 Å². The normalized spacial score (nSPS) is 12.2. The molecule has 0 spiro atoms. The van der Waals surface area contributed by atoms with Crippen LogP contribution in [0, 0.1) is 0 Å². The second-order valence-electron chi connectivity index (χ2n) is 4.20. The van der Waals surface area contributed by atoms with Crippen LogP contribution in [0.25, 0.3) is 11.1 Å². The summed E-state index contributed by atoms with van der Waals surface area (Å²) in [6.07, 6.45) is 0. The zero-order valence-electron chi connectivity index (χ0n) is 9.41. The molecule has 5 heteroatoms. The summed E-state index contributed by atoms with van der Waals surface area (Å²) in [5, 5.41) is 9.30. The largest absolute Gasteiger partial charge is 0.478 e. The summed E-state index contributed by atoms with van der Waals surface area (Å²) in [7, 11) is 0. The number of carboxylic acids is 1. The fourth-order valence-corrected chi connectivity index (χ4v) is 3.13. The lowest BCUT2D eigenvalue weighted by atomic mass is 10.00. The Morgan fingerprint density at radius 2 is 1.63 bits per heavy atom. The molecule has 2 aromatic carbocycles. The first-order valence-electron chi connectivity index (χ1n) is 5.40. The average molecular weight is 382 g/mol. The number of hydrogen-bond acceptors (Lipinski definition) is 2. The lowest BCUT2D eigenvalue weighted by Crippen LogP contribution is -2.01. The third-order valence-corrected chi connectivity index (χ3v) is 4.02. The predicted octanol–water partition coefficient (Wildman–Crippen LogP) is 4.12. The van der Waals surface area contributed by atoms with E-state index < -0.39 is 5.97 Å². The molecule has 0 radical (unpaired) electrons. The maximum Gasteiger partial charge on any atom is 0.336 e. The van der Waals surface area contributed by atoms with Crippen molar-refractivity contribution < 1.29 is 14.7 Å². The Morgan fingerprint density at radius 1 is 0.947 bits per heavy atom. The van der Waals surface area contributed by atoms with E-state index in [2.05, 4.69) is 31.9 Å². The number of rotatable bonds is 1. The van der Waals surface area contributed by atoms with E-state index in [0.29, 0.717) is 26.7 Å². The number of aromatic carboxylic acids is 1. The van der Waals surface area contributed by atoms with Crippen molar-refractivity contribution in [2.24, 2.45) is 0 Å². The first-order valence-corrected chi connectivity index (χ1v) is 6.99. The number of carbonyl (C=O) groups is 2. The summed E-state index contributed by atoms with van der Waals surface area (Å²) in [5.41, 5.74) is 2.28. The topological polar surface area (TPSA) is 54.4 Å². The first kappa shape index (κ1) is 12.6. The van der Waals surface area contributed by atoms with E-state index in [-0.39, 0.29) is 11.3 Å². The molecule has 3 nitrogen and oxygen atoms in total. The van der Waals surface area contributed by atoms with Gasteiger partial charge in [-0.1, -0.05) is 37.9 Å². The molecular weight excluding hydrogens is 376 g/mol. The highest BCUT2D eigenvalue weighted by Gasteiger charge is 2.31. The molecule has 0 amide bonds. The highest BCUT2D eigenvalue weighted by molar-refractivity contribution is 9.10.